The lowest BCUT2D eigenvalue weighted by Gasteiger charge is -2.22. The summed E-state index contributed by atoms with van der Waals surface area (Å²) in [6.07, 6.45) is 3.35. The smallest absolute Gasteiger partial charge is 0.273 e. The molecule has 19 heavy (non-hydrogen) atoms. The minimum Gasteiger partial charge on any atom is -0.493 e. The van der Waals surface area contributed by atoms with Crippen molar-refractivity contribution in [3.63, 3.8) is 0 Å². The molecule has 0 amide bonds. The summed E-state index contributed by atoms with van der Waals surface area (Å²) in [7, 11) is 1.47. The number of hydrogen-bond acceptors (Lipinski definition) is 5. The van der Waals surface area contributed by atoms with E-state index in [2.05, 4.69) is 0 Å². The summed E-state index contributed by atoms with van der Waals surface area (Å²) >= 11 is 0. The van der Waals surface area contributed by atoms with Crippen molar-refractivity contribution in [2.45, 2.75) is 31.3 Å². The van der Waals surface area contributed by atoms with Crippen molar-refractivity contribution in [1.82, 2.24) is 0 Å². The van der Waals surface area contributed by atoms with Crippen molar-refractivity contribution in [2.24, 2.45) is 0 Å². The van der Waals surface area contributed by atoms with Gasteiger partial charge in [0.2, 0.25) is 0 Å². The van der Waals surface area contributed by atoms with Crippen LogP contribution in [0.4, 0.5) is 5.69 Å². The minimum atomic E-state index is -0.824. The summed E-state index contributed by atoms with van der Waals surface area (Å²) in [6.45, 7) is 0.129. The quantitative estimate of drug-likeness (QED) is 0.653. The predicted octanol–water partition coefficient (Wildman–Crippen LogP) is 2.29. The number of rotatable bonds is 5. The molecule has 1 aliphatic carbocycles. The van der Waals surface area contributed by atoms with E-state index in [0.717, 1.165) is 12.8 Å². The molecule has 6 nitrogen and oxygen atoms in total. The Hall–Kier alpha value is -1.82. The van der Waals surface area contributed by atoms with Gasteiger partial charge in [0, 0.05) is 6.07 Å². The van der Waals surface area contributed by atoms with E-state index in [1.54, 1.807) is 0 Å². The zero-order valence-electron chi connectivity index (χ0n) is 10.8. The molecule has 0 aliphatic heterocycles. The first-order valence-corrected chi connectivity index (χ1v) is 6.22. The summed E-state index contributed by atoms with van der Waals surface area (Å²) in [5.41, 5.74) is -0.885. The Morgan fingerprint density at radius 1 is 1.37 bits per heavy atom. The van der Waals surface area contributed by atoms with Gasteiger partial charge in [0.05, 0.1) is 23.7 Å². The van der Waals surface area contributed by atoms with Crippen molar-refractivity contribution >= 4 is 5.69 Å². The molecule has 0 heterocycles. The SMILES string of the molecule is COc1ccc([N+](=O)[O-])cc1OCC1(O)CCCC1. The molecule has 0 radical (unpaired) electrons. The molecule has 104 valence electrons. The second-order valence-corrected chi connectivity index (χ2v) is 4.81. The lowest BCUT2D eigenvalue weighted by Crippen LogP contribution is -2.32. The molecule has 0 unspecified atom stereocenters. The maximum absolute atomic E-state index is 10.7. The van der Waals surface area contributed by atoms with Crippen molar-refractivity contribution in [3.8, 4) is 11.5 Å². The van der Waals surface area contributed by atoms with E-state index in [9.17, 15) is 15.2 Å². The standard InChI is InChI=1S/C13H17NO5/c1-18-11-5-4-10(14(16)17)8-12(11)19-9-13(15)6-2-3-7-13/h4-5,8,15H,2-3,6-7,9H2,1H3. The van der Waals surface area contributed by atoms with E-state index in [0.29, 0.717) is 18.6 Å². The Balaban J connectivity index is 2.13. The zero-order valence-corrected chi connectivity index (χ0v) is 10.8. The fraction of sp³-hybridized carbons (Fsp3) is 0.538. The summed E-state index contributed by atoms with van der Waals surface area (Å²) in [4.78, 5) is 10.2. The van der Waals surface area contributed by atoms with Gasteiger partial charge >= 0.3 is 0 Å². The molecule has 0 atom stereocenters. The lowest BCUT2D eigenvalue weighted by molar-refractivity contribution is -0.385. The third-order valence-corrected chi connectivity index (χ3v) is 3.39. The van der Waals surface area contributed by atoms with Gasteiger partial charge in [0.25, 0.3) is 5.69 Å². The van der Waals surface area contributed by atoms with E-state index in [1.165, 1.54) is 25.3 Å². The molecule has 0 bridgehead atoms. The Morgan fingerprint density at radius 3 is 2.63 bits per heavy atom. The first kappa shape index (κ1) is 13.6. The summed E-state index contributed by atoms with van der Waals surface area (Å²) in [5.74, 6) is 0.712. The monoisotopic (exact) mass is 267 g/mol. The maximum atomic E-state index is 10.7. The number of ether oxygens (including phenoxy) is 2. The van der Waals surface area contributed by atoms with E-state index in [4.69, 9.17) is 9.47 Å². The van der Waals surface area contributed by atoms with Gasteiger partial charge in [-0.05, 0) is 18.9 Å². The normalized spacial score (nSPS) is 17.2. The molecule has 1 fully saturated rings. The maximum Gasteiger partial charge on any atom is 0.273 e. The first-order valence-electron chi connectivity index (χ1n) is 6.22. The highest BCUT2D eigenvalue weighted by Crippen LogP contribution is 2.34. The molecule has 1 aromatic carbocycles. The van der Waals surface area contributed by atoms with Crippen LogP contribution >= 0.6 is 0 Å². The topological polar surface area (TPSA) is 81.8 Å². The van der Waals surface area contributed by atoms with E-state index in [1.807, 2.05) is 0 Å². The van der Waals surface area contributed by atoms with Crippen LogP contribution in [0.3, 0.4) is 0 Å². The Labute approximate surface area is 111 Å². The van der Waals surface area contributed by atoms with Gasteiger partial charge in [0.1, 0.15) is 6.61 Å². The van der Waals surface area contributed by atoms with Crippen LogP contribution in [0.5, 0.6) is 11.5 Å². The van der Waals surface area contributed by atoms with Gasteiger partial charge in [-0.25, -0.2) is 0 Å². The van der Waals surface area contributed by atoms with Crippen LogP contribution in [0.25, 0.3) is 0 Å². The molecule has 1 saturated carbocycles. The van der Waals surface area contributed by atoms with E-state index >= 15 is 0 Å². The van der Waals surface area contributed by atoms with Gasteiger partial charge in [-0.15, -0.1) is 0 Å². The molecule has 1 N–H and O–H groups in total. The number of non-ortho nitro benzene ring substituents is 1. The second-order valence-electron chi connectivity index (χ2n) is 4.81. The van der Waals surface area contributed by atoms with Crippen LogP contribution in [-0.4, -0.2) is 29.3 Å². The lowest BCUT2D eigenvalue weighted by atomic mass is 10.0. The number of methoxy groups -OCH3 is 1. The second kappa shape index (κ2) is 5.44. The van der Waals surface area contributed by atoms with Crippen LogP contribution in [0.1, 0.15) is 25.7 Å². The Kier molecular flexibility index (Phi) is 3.90. The highest BCUT2D eigenvalue weighted by atomic mass is 16.6. The molecule has 2 rings (SSSR count). The summed E-state index contributed by atoms with van der Waals surface area (Å²) < 4.78 is 10.6. The fourth-order valence-corrected chi connectivity index (χ4v) is 2.28. The van der Waals surface area contributed by atoms with Gasteiger partial charge in [-0.3, -0.25) is 10.1 Å². The third kappa shape index (κ3) is 3.14. The molecule has 0 aromatic heterocycles. The molecular weight excluding hydrogens is 250 g/mol. The molecular formula is C13H17NO5. The largest absolute Gasteiger partial charge is 0.493 e. The minimum absolute atomic E-state index is 0.0609. The number of hydrogen-bond donors (Lipinski definition) is 1. The van der Waals surface area contributed by atoms with E-state index in [-0.39, 0.29) is 18.0 Å². The van der Waals surface area contributed by atoms with Crippen molar-refractivity contribution in [3.05, 3.63) is 28.3 Å². The van der Waals surface area contributed by atoms with Gasteiger partial charge in [-0.2, -0.15) is 0 Å². The Bertz CT molecular complexity index is 468. The van der Waals surface area contributed by atoms with Crippen molar-refractivity contribution in [2.75, 3.05) is 13.7 Å². The van der Waals surface area contributed by atoms with E-state index < -0.39 is 10.5 Å². The third-order valence-electron chi connectivity index (χ3n) is 3.39. The average Bonchev–Trinajstić information content (AvgIpc) is 2.83. The van der Waals surface area contributed by atoms with Crippen LogP contribution < -0.4 is 9.47 Å². The number of nitro groups is 1. The molecule has 6 heteroatoms. The van der Waals surface area contributed by atoms with Crippen molar-refractivity contribution in [1.29, 1.82) is 0 Å². The van der Waals surface area contributed by atoms with Gasteiger partial charge in [0.15, 0.2) is 11.5 Å². The molecule has 1 aromatic rings. The van der Waals surface area contributed by atoms with Crippen LogP contribution in [0.2, 0.25) is 0 Å². The first-order chi connectivity index (χ1) is 9.04. The number of aliphatic hydroxyl groups is 1. The van der Waals surface area contributed by atoms with Gasteiger partial charge < -0.3 is 14.6 Å². The van der Waals surface area contributed by atoms with Crippen LogP contribution in [0.15, 0.2) is 18.2 Å². The number of nitrogens with zero attached hydrogens (tertiary/aromatic N) is 1. The highest BCUT2D eigenvalue weighted by Gasteiger charge is 2.32. The zero-order chi connectivity index (χ0) is 13.9. The van der Waals surface area contributed by atoms with Crippen LogP contribution in [-0.2, 0) is 0 Å². The molecule has 0 saturated heterocycles. The number of benzene rings is 1. The van der Waals surface area contributed by atoms with Gasteiger partial charge in [-0.1, -0.05) is 12.8 Å². The highest BCUT2D eigenvalue weighted by molar-refractivity contribution is 5.48. The summed E-state index contributed by atoms with van der Waals surface area (Å²) in [6, 6.07) is 4.17. The Morgan fingerprint density at radius 2 is 2.05 bits per heavy atom. The van der Waals surface area contributed by atoms with Crippen LogP contribution in [0, 0.1) is 10.1 Å². The molecule has 1 aliphatic rings. The molecule has 0 spiro atoms. The fourth-order valence-electron chi connectivity index (χ4n) is 2.28. The van der Waals surface area contributed by atoms with Crippen molar-refractivity contribution < 1.29 is 19.5 Å². The average molecular weight is 267 g/mol. The summed E-state index contributed by atoms with van der Waals surface area (Å²) in [5, 5.41) is 20.9. The predicted molar refractivity (Wildman–Crippen MR) is 68.6 cm³/mol. The number of nitro benzene ring substituents is 1.